The van der Waals surface area contributed by atoms with Crippen molar-refractivity contribution >= 4 is 26.7 Å². The summed E-state index contributed by atoms with van der Waals surface area (Å²) in [4.78, 5) is 7.05. The number of sulfonamides is 1. The van der Waals surface area contributed by atoms with Gasteiger partial charge in [-0.3, -0.25) is 4.72 Å². The number of benzene rings is 2. The predicted octanol–water partition coefficient (Wildman–Crippen LogP) is 2.38. The minimum atomic E-state index is -3.78. The Morgan fingerprint density at radius 2 is 1.78 bits per heavy atom. The molecule has 3 aromatic rings. The summed E-state index contributed by atoms with van der Waals surface area (Å²) in [5.74, 6) is 1.17. The molecule has 3 rings (SSSR count). The SMILES string of the molecule is COc1ccc(NS(=O)(=O)c2ccc(OC)c3[nH]cnc23)cc1. The van der Waals surface area contributed by atoms with Crippen LogP contribution in [0.15, 0.2) is 47.6 Å². The highest BCUT2D eigenvalue weighted by atomic mass is 32.2. The van der Waals surface area contributed by atoms with Gasteiger partial charge in [-0.1, -0.05) is 0 Å². The van der Waals surface area contributed by atoms with Crippen LogP contribution >= 0.6 is 0 Å². The lowest BCUT2D eigenvalue weighted by Gasteiger charge is -2.10. The zero-order valence-electron chi connectivity index (χ0n) is 12.5. The van der Waals surface area contributed by atoms with Crippen LogP contribution in [0.4, 0.5) is 5.69 Å². The van der Waals surface area contributed by atoms with Crippen LogP contribution < -0.4 is 14.2 Å². The summed E-state index contributed by atoms with van der Waals surface area (Å²) in [6.07, 6.45) is 1.43. The molecular formula is C15H15N3O4S. The molecule has 1 heterocycles. The first-order valence-electron chi connectivity index (χ1n) is 6.72. The smallest absolute Gasteiger partial charge is 0.264 e. The molecule has 8 heteroatoms. The molecule has 0 amide bonds. The third-order valence-corrected chi connectivity index (χ3v) is 4.77. The van der Waals surface area contributed by atoms with Gasteiger partial charge in [0.05, 0.1) is 20.5 Å². The third kappa shape index (κ3) is 2.80. The maximum atomic E-state index is 12.6. The average molecular weight is 333 g/mol. The first kappa shape index (κ1) is 15.2. The molecule has 120 valence electrons. The molecule has 0 radical (unpaired) electrons. The highest BCUT2D eigenvalue weighted by Crippen LogP contribution is 2.29. The van der Waals surface area contributed by atoms with Gasteiger partial charge in [-0.05, 0) is 36.4 Å². The van der Waals surface area contributed by atoms with Crippen molar-refractivity contribution in [3.05, 3.63) is 42.7 Å². The predicted molar refractivity (Wildman–Crippen MR) is 86.4 cm³/mol. The lowest BCUT2D eigenvalue weighted by Crippen LogP contribution is -2.13. The summed E-state index contributed by atoms with van der Waals surface area (Å²) < 4.78 is 38.0. The van der Waals surface area contributed by atoms with Crippen LogP contribution in [-0.4, -0.2) is 32.6 Å². The Hall–Kier alpha value is -2.74. The van der Waals surface area contributed by atoms with Crippen LogP contribution in [0.3, 0.4) is 0 Å². The third-order valence-electron chi connectivity index (χ3n) is 3.36. The van der Waals surface area contributed by atoms with Crippen molar-refractivity contribution < 1.29 is 17.9 Å². The summed E-state index contributed by atoms with van der Waals surface area (Å²) in [6, 6.07) is 9.66. The van der Waals surface area contributed by atoms with Gasteiger partial charge in [-0.2, -0.15) is 0 Å². The normalized spacial score (nSPS) is 11.4. The highest BCUT2D eigenvalue weighted by molar-refractivity contribution is 7.93. The van der Waals surface area contributed by atoms with Crippen molar-refractivity contribution in [2.24, 2.45) is 0 Å². The van der Waals surface area contributed by atoms with Gasteiger partial charge in [0.15, 0.2) is 0 Å². The quantitative estimate of drug-likeness (QED) is 0.748. The lowest BCUT2D eigenvalue weighted by molar-refractivity contribution is 0.415. The fourth-order valence-electron chi connectivity index (χ4n) is 2.24. The monoisotopic (exact) mass is 333 g/mol. The Bertz CT molecular complexity index is 933. The van der Waals surface area contributed by atoms with Crippen molar-refractivity contribution in [2.75, 3.05) is 18.9 Å². The maximum Gasteiger partial charge on any atom is 0.264 e. The van der Waals surface area contributed by atoms with Crippen LogP contribution in [0.5, 0.6) is 11.5 Å². The van der Waals surface area contributed by atoms with Gasteiger partial charge in [-0.15, -0.1) is 0 Å². The number of aromatic amines is 1. The average Bonchev–Trinajstić information content (AvgIpc) is 3.03. The molecule has 0 fully saturated rings. The lowest BCUT2D eigenvalue weighted by atomic mass is 10.3. The molecule has 0 unspecified atom stereocenters. The van der Waals surface area contributed by atoms with E-state index in [-0.39, 0.29) is 4.90 Å². The molecule has 2 N–H and O–H groups in total. The van der Waals surface area contributed by atoms with Gasteiger partial charge in [0.1, 0.15) is 27.4 Å². The van der Waals surface area contributed by atoms with E-state index in [4.69, 9.17) is 9.47 Å². The molecule has 0 aliphatic heterocycles. The first-order chi connectivity index (χ1) is 11.0. The Morgan fingerprint density at radius 1 is 1.04 bits per heavy atom. The van der Waals surface area contributed by atoms with E-state index in [9.17, 15) is 8.42 Å². The molecule has 2 aromatic carbocycles. The number of ether oxygens (including phenoxy) is 2. The number of hydrogen-bond acceptors (Lipinski definition) is 5. The Kier molecular flexibility index (Phi) is 3.83. The number of rotatable bonds is 5. The zero-order valence-corrected chi connectivity index (χ0v) is 13.3. The van der Waals surface area contributed by atoms with Gasteiger partial charge in [0.2, 0.25) is 0 Å². The van der Waals surface area contributed by atoms with E-state index in [1.807, 2.05) is 0 Å². The van der Waals surface area contributed by atoms with Crippen molar-refractivity contribution in [1.82, 2.24) is 9.97 Å². The molecule has 1 aromatic heterocycles. The minimum Gasteiger partial charge on any atom is -0.497 e. The van der Waals surface area contributed by atoms with Crippen molar-refractivity contribution in [1.29, 1.82) is 0 Å². The highest BCUT2D eigenvalue weighted by Gasteiger charge is 2.21. The summed E-state index contributed by atoms with van der Waals surface area (Å²) in [5.41, 5.74) is 1.29. The van der Waals surface area contributed by atoms with Crippen molar-refractivity contribution in [2.45, 2.75) is 4.90 Å². The van der Waals surface area contributed by atoms with Crippen LogP contribution in [0.25, 0.3) is 11.0 Å². The van der Waals surface area contributed by atoms with E-state index in [1.165, 1.54) is 19.5 Å². The Morgan fingerprint density at radius 3 is 2.43 bits per heavy atom. The summed E-state index contributed by atoms with van der Waals surface area (Å²) in [5, 5.41) is 0. The molecular weight excluding hydrogens is 318 g/mol. The molecule has 0 saturated carbocycles. The number of hydrogen-bond donors (Lipinski definition) is 2. The number of aromatic nitrogens is 2. The minimum absolute atomic E-state index is 0.0744. The number of anilines is 1. The maximum absolute atomic E-state index is 12.6. The molecule has 23 heavy (non-hydrogen) atoms. The molecule has 0 atom stereocenters. The molecule has 7 nitrogen and oxygen atoms in total. The molecule has 0 spiro atoms. The van der Waals surface area contributed by atoms with Crippen LogP contribution in [0, 0.1) is 0 Å². The van der Waals surface area contributed by atoms with Crippen LogP contribution in [-0.2, 0) is 10.0 Å². The molecule has 0 bridgehead atoms. The van der Waals surface area contributed by atoms with Gasteiger partial charge < -0.3 is 14.5 Å². The van der Waals surface area contributed by atoms with Crippen LogP contribution in [0.1, 0.15) is 0 Å². The zero-order chi connectivity index (χ0) is 16.4. The summed E-state index contributed by atoms with van der Waals surface area (Å²) >= 11 is 0. The second kappa shape index (κ2) is 5.81. The summed E-state index contributed by atoms with van der Waals surface area (Å²) in [6.45, 7) is 0. The Balaban J connectivity index is 2.01. The van der Waals surface area contributed by atoms with Crippen molar-refractivity contribution in [3.8, 4) is 11.5 Å². The fraction of sp³-hybridized carbons (Fsp3) is 0.133. The van der Waals surface area contributed by atoms with E-state index in [2.05, 4.69) is 14.7 Å². The molecule has 0 saturated heterocycles. The molecule has 0 aliphatic carbocycles. The van der Waals surface area contributed by atoms with Gasteiger partial charge in [0, 0.05) is 5.69 Å². The van der Waals surface area contributed by atoms with Crippen molar-refractivity contribution in [3.63, 3.8) is 0 Å². The number of fused-ring (bicyclic) bond motifs is 1. The van der Waals surface area contributed by atoms with E-state index in [0.29, 0.717) is 28.2 Å². The topological polar surface area (TPSA) is 93.3 Å². The van der Waals surface area contributed by atoms with E-state index < -0.39 is 10.0 Å². The van der Waals surface area contributed by atoms with Gasteiger partial charge >= 0.3 is 0 Å². The fourth-order valence-corrected chi connectivity index (χ4v) is 3.45. The number of imidazole rings is 1. The number of methoxy groups -OCH3 is 2. The van der Waals surface area contributed by atoms with Gasteiger partial charge in [0.25, 0.3) is 10.0 Å². The van der Waals surface area contributed by atoms with E-state index in [1.54, 1.807) is 37.4 Å². The van der Waals surface area contributed by atoms with Gasteiger partial charge in [-0.25, -0.2) is 13.4 Å². The Labute approximate surface area is 133 Å². The number of nitrogens with zero attached hydrogens (tertiary/aromatic N) is 1. The van der Waals surface area contributed by atoms with E-state index in [0.717, 1.165) is 0 Å². The summed E-state index contributed by atoms with van der Waals surface area (Å²) in [7, 11) is -0.724. The molecule has 0 aliphatic rings. The second-order valence-electron chi connectivity index (χ2n) is 4.73. The van der Waals surface area contributed by atoms with Crippen LogP contribution in [0.2, 0.25) is 0 Å². The second-order valence-corrected chi connectivity index (χ2v) is 6.38. The first-order valence-corrected chi connectivity index (χ1v) is 8.20. The number of H-pyrrole nitrogens is 1. The largest absolute Gasteiger partial charge is 0.497 e. The standard InChI is InChI=1S/C15H15N3O4S/c1-21-11-5-3-10(4-6-11)18-23(19,20)13-8-7-12(22-2)14-15(13)17-9-16-14/h3-9,18H,1-2H3,(H,16,17). The van der Waals surface area contributed by atoms with E-state index >= 15 is 0 Å². The number of nitrogens with one attached hydrogen (secondary N) is 2.